The molecule has 0 aliphatic carbocycles. The van der Waals surface area contributed by atoms with Crippen molar-refractivity contribution in [2.45, 2.75) is 4.90 Å². The quantitative estimate of drug-likeness (QED) is 0.300. The summed E-state index contributed by atoms with van der Waals surface area (Å²) in [4.78, 5) is 24.1. The maximum absolute atomic E-state index is 12.4. The van der Waals surface area contributed by atoms with Crippen LogP contribution in [0, 0.1) is 0 Å². The summed E-state index contributed by atoms with van der Waals surface area (Å²) in [5.74, 6) is 0. The smallest absolute Gasteiger partial charge is 0.287 e. The van der Waals surface area contributed by atoms with E-state index in [9.17, 15) is 18.0 Å². The molecule has 1 radical (unpaired) electrons. The van der Waals surface area contributed by atoms with Crippen molar-refractivity contribution < 1.29 is 13.0 Å². The van der Waals surface area contributed by atoms with E-state index in [1.807, 2.05) is 6.07 Å². The molecule has 3 N–H and O–H groups in total. The van der Waals surface area contributed by atoms with Crippen molar-refractivity contribution >= 4 is 51.1 Å². The van der Waals surface area contributed by atoms with Crippen LogP contribution in [-0.2, 0) is 10.1 Å². The van der Waals surface area contributed by atoms with Gasteiger partial charge in [-0.2, -0.15) is 18.6 Å². The fourth-order valence-corrected chi connectivity index (χ4v) is 2.68. The van der Waals surface area contributed by atoms with Crippen molar-refractivity contribution in [2.24, 2.45) is 10.2 Å². The van der Waals surface area contributed by atoms with Crippen LogP contribution in [0.5, 0.6) is 0 Å². The van der Waals surface area contributed by atoms with Crippen molar-refractivity contribution in [1.29, 1.82) is 0 Å². The molecule has 29 heavy (non-hydrogen) atoms. The van der Waals surface area contributed by atoms with Gasteiger partial charge in [-0.05, 0) is 48.5 Å². The molecule has 3 aromatic carbocycles. The minimum Gasteiger partial charge on any atom is -0.287 e. The summed E-state index contributed by atoms with van der Waals surface area (Å²) < 4.78 is 31.0. The number of para-hydroxylation sites is 1. The number of nitrogens with zero attached hydrogens (tertiary/aromatic N) is 2. The van der Waals surface area contributed by atoms with Gasteiger partial charge >= 0.3 is 0 Å². The Kier molecular flexibility index (Phi) is 7.59. The first kappa shape index (κ1) is 22.7. The van der Waals surface area contributed by atoms with Crippen LogP contribution >= 0.6 is 0 Å². The molecule has 3 rings (SSSR count). The Morgan fingerprint density at radius 1 is 0.759 bits per heavy atom. The maximum atomic E-state index is 12.4. The van der Waals surface area contributed by atoms with E-state index in [4.69, 9.17) is 4.55 Å². The summed E-state index contributed by atoms with van der Waals surface area (Å²) in [6.07, 6.45) is 0. The van der Waals surface area contributed by atoms with Gasteiger partial charge in [0.05, 0.1) is 16.3 Å². The first-order valence-corrected chi connectivity index (χ1v) is 9.36. The normalized spacial score (nSPS) is 12.3. The molecular weight excluding hydrogens is 407 g/mol. The number of hydrogen-bond donors (Lipinski definition) is 3. The first-order valence-electron chi connectivity index (χ1n) is 7.92. The maximum Gasteiger partial charge on any atom is 0.294 e. The monoisotopic (exact) mass is 421 g/mol. The minimum absolute atomic E-state index is 0. The number of benzene rings is 3. The van der Waals surface area contributed by atoms with E-state index in [0.29, 0.717) is 11.4 Å². The van der Waals surface area contributed by atoms with Gasteiger partial charge in [0, 0.05) is 29.6 Å². The molecular formula is C18H14N4NaO5S. The van der Waals surface area contributed by atoms with Crippen LogP contribution in [0.2, 0.25) is 0 Å². The van der Waals surface area contributed by atoms with Gasteiger partial charge in [0.25, 0.3) is 10.1 Å². The predicted molar refractivity (Wildman–Crippen MR) is 108 cm³/mol. The van der Waals surface area contributed by atoms with Crippen molar-refractivity contribution in [3.05, 3.63) is 97.9 Å². The molecule has 3 aromatic rings. The Hall–Kier alpha value is -2.63. The summed E-state index contributed by atoms with van der Waals surface area (Å²) in [5, 5.41) is 7.44. The molecule has 0 bridgehead atoms. The van der Waals surface area contributed by atoms with E-state index >= 15 is 0 Å². The largest absolute Gasteiger partial charge is 0.294 e. The molecule has 9 nitrogen and oxygen atoms in total. The van der Waals surface area contributed by atoms with Crippen LogP contribution in [-0.4, -0.2) is 42.5 Å². The van der Waals surface area contributed by atoms with E-state index in [-0.39, 0.29) is 45.2 Å². The zero-order chi connectivity index (χ0) is 20.1. The summed E-state index contributed by atoms with van der Waals surface area (Å²) in [7, 11) is -4.30. The van der Waals surface area contributed by atoms with Crippen molar-refractivity contribution in [1.82, 2.24) is 0 Å². The Labute approximate surface area is 187 Å². The summed E-state index contributed by atoms with van der Waals surface area (Å²) >= 11 is 0. The minimum atomic E-state index is -4.30. The Morgan fingerprint density at radius 3 is 1.97 bits per heavy atom. The van der Waals surface area contributed by atoms with Crippen LogP contribution in [0.3, 0.4) is 0 Å². The van der Waals surface area contributed by atoms with Gasteiger partial charge in [-0.15, -0.1) is 0 Å². The molecule has 143 valence electrons. The van der Waals surface area contributed by atoms with Gasteiger partial charge in [-0.1, -0.05) is 18.2 Å². The summed E-state index contributed by atoms with van der Waals surface area (Å²) in [6, 6.07) is 16.3. The van der Waals surface area contributed by atoms with Crippen LogP contribution in [0.15, 0.2) is 91.4 Å². The molecule has 0 spiro atoms. The second kappa shape index (κ2) is 9.72. The fraction of sp³-hybridized carbons (Fsp3) is 0. The van der Waals surface area contributed by atoms with Crippen LogP contribution in [0.1, 0.15) is 0 Å². The van der Waals surface area contributed by atoms with Crippen molar-refractivity contribution in [3.63, 3.8) is 0 Å². The number of nitrogens with one attached hydrogen (secondary N) is 2. The topological polar surface area (TPSA) is 137 Å². The number of anilines is 2. The van der Waals surface area contributed by atoms with Gasteiger partial charge in [-0.3, -0.25) is 25.0 Å². The molecule has 0 heterocycles. The molecule has 0 aliphatic rings. The zero-order valence-electron chi connectivity index (χ0n) is 15.2. The van der Waals surface area contributed by atoms with Crippen LogP contribution in [0.4, 0.5) is 11.4 Å². The molecule has 0 saturated carbocycles. The second-order valence-corrected chi connectivity index (χ2v) is 6.99. The van der Waals surface area contributed by atoms with Crippen molar-refractivity contribution in [2.75, 3.05) is 10.9 Å². The standard InChI is InChI=1S/C18H14N4O5S.Na/c23-16-11-10-15(18(24)17(16)22-20-12-4-2-1-3-5-12)21-19-13-6-8-14(9-7-13)28(25,26)27;/h1-11,19-20H,(H,25,26,27);. The SMILES string of the molecule is O=c1ccc(=NNc2ccc(S(=O)(=O)O)cc2)c(=O)c1=NNc1ccccc1.[Na]. The number of rotatable bonds is 5. The average molecular weight is 421 g/mol. The van der Waals surface area contributed by atoms with E-state index in [1.54, 1.807) is 24.3 Å². The molecule has 0 unspecified atom stereocenters. The Bertz CT molecular complexity index is 1320. The van der Waals surface area contributed by atoms with Gasteiger partial charge in [0.15, 0.2) is 5.36 Å². The number of hydrogen-bond acceptors (Lipinski definition) is 8. The summed E-state index contributed by atoms with van der Waals surface area (Å²) in [5.41, 5.74) is 5.00. The third kappa shape index (κ3) is 5.92. The average Bonchev–Trinajstić information content (AvgIpc) is 2.68. The van der Waals surface area contributed by atoms with Gasteiger partial charge in [0.2, 0.25) is 10.9 Å². The molecule has 0 atom stereocenters. The molecule has 0 saturated heterocycles. The third-order valence-electron chi connectivity index (χ3n) is 3.60. The van der Waals surface area contributed by atoms with E-state index < -0.39 is 21.0 Å². The van der Waals surface area contributed by atoms with Gasteiger partial charge < -0.3 is 0 Å². The predicted octanol–water partition coefficient (Wildman–Crippen LogP) is 0.00410. The molecule has 0 amide bonds. The van der Waals surface area contributed by atoms with E-state index in [1.165, 1.54) is 36.4 Å². The zero-order valence-corrected chi connectivity index (χ0v) is 18.1. The Balaban J connectivity index is 0.00000300. The molecule has 11 heteroatoms. The van der Waals surface area contributed by atoms with Crippen molar-refractivity contribution in [3.8, 4) is 0 Å². The third-order valence-corrected chi connectivity index (χ3v) is 4.47. The fourth-order valence-electron chi connectivity index (χ4n) is 2.20. The molecule has 0 aromatic heterocycles. The van der Waals surface area contributed by atoms with E-state index in [0.717, 1.165) is 0 Å². The Morgan fingerprint density at radius 2 is 1.34 bits per heavy atom. The molecule has 0 aliphatic heterocycles. The summed E-state index contributed by atoms with van der Waals surface area (Å²) in [6.45, 7) is 0. The van der Waals surface area contributed by atoms with Gasteiger partial charge in [0.1, 0.15) is 5.36 Å². The van der Waals surface area contributed by atoms with E-state index in [2.05, 4.69) is 21.1 Å². The van der Waals surface area contributed by atoms with Crippen LogP contribution < -0.4 is 32.4 Å². The van der Waals surface area contributed by atoms with Gasteiger partial charge in [-0.25, -0.2) is 0 Å². The molecule has 0 fully saturated rings. The first-order chi connectivity index (χ1) is 13.3. The van der Waals surface area contributed by atoms with Crippen LogP contribution in [0.25, 0.3) is 0 Å². The second-order valence-electron chi connectivity index (χ2n) is 5.57.